The molecule has 0 saturated heterocycles. The molecule has 0 bridgehead atoms. The predicted molar refractivity (Wildman–Crippen MR) is 90.4 cm³/mol. The average Bonchev–Trinajstić information content (AvgIpc) is 2.46. The molecule has 0 amide bonds. The summed E-state index contributed by atoms with van der Waals surface area (Å²) in [6.07, 6.45) is 0. The van der Waals surface area contributed by atoms with Crippen molar-refractivity contribution in [1.82, 2.24) is 0 Å². The molecule has 0 aliphatic carbocycles. The van der Waals surface area contributed by atoms with Crippen molar-refractivity contribution in [1.29, 1.82) is 0 Å². The van der Waals surface area contributed by atoms with Crippen LogP contribution in [0, 0.1) is 9.39 Å². The topological polar surface area (TPSA) is 12.0 Å². The highest BCUT2D eigenvalue weighted by molar-refractivity contribution is 14.1. The minimum absolute atomic E-state index is 0.203. The molecule has 0 unspecified atom stereocenters. The number of hydrogen-bond acceptors (Lipinski definition) is 1. The van der Waals surface area contributed by atoms with Crippen molar-refractivity contribution in [2.45, 2.75) is 6.54 Å². The van der Waals surface area contributed by atoms with Gasteiger partial charge in [-0.25, -0.2) is 4.39 Å². The van der Waals surface area contributed by atoms with Gasteiger partial charge in [0.25, 0.3) is 0 Å². The molecule has 3 rings (SSSR count). The Hall–Kier alpha value is -1.62. The van der Waals surface area contributed by atoms with Gasteiger partial charge in [-0.2, -0.15) is 0 Å². The van der Waals surface area contributed by atoms with E-state index in [2.05, 4.69) is 58.2 Å². The molecule has 0 atom stereocenters. The van der Waals surface area contributed by atoms with Gasteiger partial charge in [-0.05, 0) is 63.2 Å². The SMILES string of the molecule is Fc1ccc(NCc2ccc3ccccc3c2)c(I)c1. The molecule has 0 fully saturated rings. The van der Waals surface area contributed by atoms with Crippen molar-refractivity contribution in [2.75, 3.05) is 5.32 Å². The molecule has 1 N–H and O–H groups in total. The van der Waals surface area contributed by atoms with E-state index in [9.17, 15) is 4.39 Å². The van der Waals surface area contributed by atoms with Crippen LogP contribution in [-0.2, 0) is 6.54 Å². The largest absolute Gasteiger partial charge is 0.380 e. The molecule has 100 valence electrons. The first-order chi connectivity index (χ1) is 9.72. The standard InChI is InChI=1S/C17H13FIN/c18-15-7-8-17(16(19)10-15)20-11-12-5-6-13-3-1-2-4-14(13)9-12/h1-10,20H,11H2. The van der Waals surface area contributed by atoms with E-state index in [1.54, 1.807) is 6.07 Å². The normalized spacial score (nSPS) is 10.7. The van der Waals surface area contributed by atoms with Crippen molar-refractivity contribution in [3.05, 3.63) is 75.6 Å². The van der Waals surface area contributed by atoms with Gasteiger partial charge in [-0.15, -0.1) is 0 Å². The van der Waals surface area contributed by atoms with Crippen molar-refractivity contribution >= 4 is 39.1 Å². The Labute approximate surface area is 131 Å². The maximum atomic E-state index is 13.1. The van der Waals surface area contributed by atoms with Crippen LogP contribution in [0.1, 0.15) is 5.56 Å². The monoisotopic (exact) mass is 377 g/mol. The molecular weight excluding hydrogens is 364 g/mol. The molecular formula is C17H13FIN. The number of halogens is 2. The Morgan fingerprint density at radius 3 is 2.50 bits per heavy atom. The molecule has 3 aromatic rings. The summed E-state index contributed by atoms with van der Waals surface area (Å²) in [5.74, 6) is -0.203. The van der Waals surface area contributed by atoms with E-state index in [-0.39, 0.29) is 5.82 Å². The highest BCUT2D eigenvalue weighted by Crippen LogP contribution is 2.21. The van der Waals surface area contributed by atoms with Gasteiger partial charge in [0, 0.05) is 15.8 Å². The van der Waals surface area contributed by atoms with Gasteiger partial charge in [0.05, 0.1) is 0 Å². The number of benzene rings is 3. The zero-order valence-corrected chi connectivity index (χ0v) is 12.9. The summed E-state index contributed by atoms with van der Waals surface area (Å²) in [5, 5.41) is 5.83. The van der Waals surface area contributed by atoms with Crippen LogP contribution in [0.15, 0.2) is 60.7 Å². The lowest BCUT2D eigenvalue weighted by atomic mass is 10.1. The van der Waals surface area contributed by atoms with E-state index in [4.69, 9.17) is 0 Å². The smallest absolute Gasteiger partial charge is 0.124 e. The van der Waals surface area contributed by atoms with Gasteiger partial charge in [0.15, 0.2) is 0 Å². The highest BCUT2D eigenvalue weighted by atomic mass is 127. The second-order valence-electron chi connectivity index (χ2n) is 4.66. The maximum Gasteiger partial charge on any atom is 0.124 e. The molecule has 20 heavy (non-hydrogen) atoms. The third kappa shape index (κ3) is 2.93. The lowest BCUT2D eigenvalue weighted by molar-refractivity contribution is 0.627. The second kappa shape index (κ2) is 5.79. The first kappa shape index (κ1) is 13.4. The van der Waals surface area contributed by atoms with E-state index in [1.165, 1.54) is 28.5 Å². The first-order valence-corrected chi connectivity index (χ1v) is 7.47. The van der Waals surface area contributed by atoms with Crippen molar-refractivity contribution in [3.63, 3.8) is 0 Å². The summed E-state index contributed by atoms with van der Waals surface area (Å²) in [6, 6.07) is 19.5. The fourth-order valence-electron chi connectivity index (χ4n) is 2.18. The van der Waals surface area contributed by atoms with Crippen LogP contribution in [-0.4, -0.2) is 0 Å². The Morgan fingerprint density at radius 2 is 1.70 bits per heavy atom. The molecule has 3 aromatic carbocycles. The summed E-state index contributed by atoms with van der Waals surface area (Å²) in [4.78, 5) is 0. The molecule has 3 heteroatoms. The number of rotatable bonds is 3. The Balaban J connectivity index is 1.79. The Bertz CT molecular complexity index is 755. The molecule has 1 nitrogen and oxygen atoms in total. The molecule has 0 saturated carbocycles. The first-order valence-electron chi connectivity index (χ1n) is 6.39. The van der Waals surface area contributed by atoms with E-state index in [0.717, 1.165) is 15.8 Å². The van der Waals surface area contributed by atoms with Crippen molar-refractivity contribution in [2.24, 2.45) is 0 Å². The summed E-state index contributed by atoms with van der Waals surface area (Å²) >= 11 is 2.14. The van der Waals surface area contributed by atoms with Crippen LogP contribution in [0.5, 0.6) is 0 Å². The van der Waals surface area contributed by atoms with Crippen molar-refractivity contribution in [3.8, 4) is 0 Å². The fourth-order valence-corrected chi connectivity index (χ4v) is 2.85. The number of nitrogens with one attached hydrogen (secondary N) is 1. The summed E-state index contributed by atoms with van der Waals surface area (Å²) in [7, 11) is 0. The molecule has 0 aliphatic heterocycles. The Kier molecular flexibility index (Phi) is 3.87. The van der Waals surface area contributed by atoms with Gasteiger partial charge in [-0.3, -0.25) is 0 Å². The predicted octanol–water partition coefficient (Wildman–Crippen LogP) is 5.20. The summed E-state index contributed by atoms with van der Waals surface area (Å²) < 4.78 is 13.9. The lowest BCUT2D eigenvalue weighted by Crippen LogP contribution is -2.01. The molecule has 0 aliphatic rings. The van der Waals surface area contributed by atoms with Crippen LogP contribution < -0.4 is 5.32 Å². The van der Waals surface area contributed by atoms with Crippen LogP contribution in [0.3, 0.4) is 0 Å². The third-order valence-corrected chi connectivity index (χ3v) is 4.12. The minimum atomic E-state index is -0.203. The number of hydrogen-bond donors (Lipinski definition) is 1. The van der Waals surface area contributed by atoms with Gasteiger partial charge < -0.3 is 5.32 Å². The summed E-state index contributed by atoms with van der Waals surface area (Å²) in [6.45, 7) is 0.729. The quantitative estimate of drug-likeness (QED) is 0.619. The molecule has 0 radical (unpaired) electrons. The van der Waals surface area contributed by atoms with E-state index in [1.807, 2.05) is 12.1 Å². The van der Waals surface area contributed by atoms with Crippen molar-refractivity contribution < 1.29 is 4.39 Å². The van der Waals surface area contributed by atoms with E-state index >= 15 is 0 Å². The maximum absolute atomic E-state index is 13.1. The Morgan fingerprint density at radius 1 is 0.900 bits per heavy atom. The lowest BCUT2D eigenvalue weighted by Gasteiger charge is -2.09. The van der Waals surface area contributed by atoms with E-state index < -0.39 is 0 Å². The van der Waals surface area contributed by atoms with Crippen LogP contribution in [0.25, 0.3) is 10.8 Å². The second-order valence-corrected chi connectivity index (χ2v) is 5.82. The van der Waals surface area contributed by atoms with Crippen LogP contribution in [0.2, 0.25) is 0 Å². The minimum Gasteiger partial charge on any atom is -0.380 e. The summed E-state index contributed by atoms with van der Waals surface area (Å²) in [5.41, 5.74) is 2.17. The van der Waals surface area contributed by atoms with Gasteiger partial charge in [-0.1, -0.05) is 36.4 Å². The van der Waals surface area contributed by atoms with Gasteiger partial charge >= 0.3 is 0 Å². The van der Waals surface area contributed by atoms with Gasteiger partial charge in [0.2, 0.25) is 0 Å². The van der Waals surface area contributed by atoms with Crippen LogP contribution >= 0.6 is 22.6 Å². The zero-order chi connectivity index (χ0) is 13.9. The molecule has 0 aromatic heterocycles. The third-order valence-electron chi connectivity index (χ3n) is 3.23. The zero-order valence-electron chi connectivity index (χ0n) is 10.7. The molecule has 0 spiro atoms. The number of anilines is 1. The van der Waals surface area contributed by atoms with Crippen LogP contribution in [0.4, 0.5) is 10.1 Å². The fraction of sp³-hybridized carbons (Fsp3) is 0.0588. The van der Waals surface area contributed by atoms with Gasteiger partial charge in [0.1, 0.15) is 5.82 Å². The van der Waals surface area contributed by atoms with E-state index in [0.29, 0.717) is 0 Å². The number of fused-ring (bicyclic) bond motifs is 1. The molecule has 0 heterocycles. The highest BCUT2D eigenvalue weighted by Gasteiger charge is 2.02. The average molecular weight is 377 g/mol.